The van der Waals surface area contributed by atoms with Crippen molar-refractivity contribution in [2.24, 2.45) is 0 Å². The average molecular weight is 227 g/mol. The molecule has 4 heteroatoms. The van der Waals surface area contributed by atoms with Crippen LogP contribution in [-0.2, 0) is 4.74 Å². The van der Waals surface area contributed by atoms with Crippen LogP contribution >= 0.6 is 0 Å². The van der Waals surface area contributed by atoms with Gasteiger partial charge in [-0.3, -0.25) is 0 Å². The van der Waals surface area contributed by atoms with Crippen LogP contribution in [0.3, 0.4) is 0 Å². The van der Waals surface area contributed by atoms with E-state index in [9.17, 15) is 4.39 Å². The van der Waals surface area contributed by atoms with Gasteiger partial charge in [-0.1, -0.05) is 0 Å². The summed E-state index contributed by atoms with van der Waals surface area (Å²) in [5.74, 6) is -0.0958. The molecule has 0 bridgehead atoms. The maximum atomic E-state index is 13.4. The van der Waals surface area contributed by atoms with Gasteiger partial charge in [0.25, 0.3) is 0 Å². The van der Waals surface area contributed by atoms with Crippen LogP contribution in [0.2, 0.25) is 0 Å². The first-order chi connectivity index (χ1) is 7.67. The third-order valence-electron chi connectivity index (χ3n) is 2.32. The van der Waals surface area contributed by atoms with Crippen LogP contribution in [0, 0.1) is 5.82 Å². The van der Waals surface area contributed by atoms with Crippen LogP contribution < -0.4 is 10.1 Å². The Bertz CT molecular complexity index is 331. The zero-order valence-electron chi connectivity index (χ0n) is 9.92. The van der Waals surface area contributed by atoms with Crippen LogP contribution in [0.4, 0.5) is 10.1 Å². The molecule has 3 nitrogen and oxygen atoms in total. The summed E-state index contributed by atoms with van der Waals surface area (Å²) in [6.07, 6.45) is 0.879. The first-order valence-electron chi connectivity index (χ1n) is 5.26. The first kappa shape index (κ1) is 12.8. The molecule has 0 aromatic heterocycles. The van der Waals surface area contributed by atoms with Crippen molar-refractivity contribution in [1.82, 2.24) is 0 Å². The van der Waals surface area contributed by atoms with E-state index in [1.54, 1.807) is 19.2 Å². The summed E-state index contributed by atoms with van der Waals surface area (Å²) >= 11 is 0. The van der Waals surface area contributed by atoms with Gasteiger partial charge >= 0.3 is 0 Å². The fourth-order valence-corrected chi connectivity index (χ4v) is 1.41. The Balaban J connectivity index is 2.57. The van der Waals surface area contributed by atoms with Gasteiger partial charge in [0.1, 0.15) is 0 Å². The number of methoxy groups -OCH3 is 2. The highest BCUT2D eigenvalue weighted by Gasteiger charge is 2.05. The summed E-state index contributed by atoms with van der Waals surface area (Å²) in [5.41, 5.74) is 0.752. The summed E-state index contributed by atoms with van der Waals surface area (Å²) in [6, 6.07) is 5.08. The Hall–Kier alpha value is -1.29. The van der Waals surface area contributed by atoms with Gasteiger partial charge < -0.3 is 14.8 Å². The summed E-state index contributed by atoms with van der Waals surface area (Å²) < 4.78 is 23.2. The molecule has 16 heavy (non-hydrogen) atoms. The van der Waals surface area contributed by atoms with Crippen molar-refractivity contribution in [2.45, 2.75) is 19.4 Å². The van der Waals surface area contributed by atoms with Gasteiger partial charge in [0, 0.05) is 31.5 Å². The van der Waals surface area contributed by atoms with Crippen LogP contribution in [-0.4, -0.2) is 26.9 Å². The highest BCUT2D eigenvalue weighted by molar-refractivity contribution is 5.47. The topological polar surface area (TPSA) is 30.5 Å². The van der Waals surface area contributed by atoms with Gasteiger partial charge in [0.2, 0.25) is 0 Å². The Morgan fingerprint density at radius 2 is 2.12 bits per heavy atom. The Labute approximate surface area is 95.6 Å². The second-order valence-electron chi connectivity index (χ2n) is 3.68. The molecule has 1 unspecified atom stereocenters. The Morgan fingerprint density at radius 1 is 1.38 bits per heavy atom. The second-order valence-corrected chi connectivity index (χ2v) is 3.68. The number of benzene rings is 1. The summed E-state index contributed by atoms with van der Waals surface area (Å²) in [7, 11) is 3.12. The van der Waals surface area contributed by atoms with Gasteiger partial charge in [-0.15, -0.1) is 0 Å². The third kappa shape index (κ3) is 3.70. The molecule has 0 heterocycles. The number of anilines is 1. The maximum absolute atomic E-state index is 13.4. The zero-order chi connectivity index (χ0) is 12.0. The lowest BCUT2D eigenvalue weighted by Gasteiger charge is -2.15. The molecule has 1 atom stereocenters. The second kappa shape index (κ2) is 6.33. The minimum Gasteiger partial charge on any atom is -0.494 e. The summed E-state index contributed by atoms with van der Waals surface area (Å²) in [4.78, 5) is 0. The van der Waals surface area contributed by atoms with E-state index in [-0.39, 0.29) is 17.6 Å². The first-order valence-corrected chi connectivity index (χ1v) is 5.26. The van der Waals surface area contributed by atoms with E-state index in [1.165, 1.54) is 13.2 Å². The number of ether oxygens (including phenoxy) is 2. The van der Waals surface area contributed by atoms with Crippen LogP contribution in [0.1, 0.15) is 13.3 Å². The number of hydrogen-bond acceptors (Lipinski definition) is 3. The SMILES string of the molecule is COCCC(C)Nc1ccc(OC)c(F)c1. The molecular formula is C12H18FNO2. The quantitative estimate of drug-likeness (QED) is 0.810. The van der Waals surface area contributed by atoms with Gasteiger partial charge in [0.15, 0.2) is 11.6 Å². The van der Waals surface area contributed by atoms with Gasteiger partial charge in [-0.2, -0.15) is 0 Å². The molecule has 0 saturated heterocycles. The van der Waals surface area contributed by atoms with E-state index in [0.29, 0.717) is 6.61 Å². The molecule has 0 aliphatic carbocycles. The van der Waals surface area contributed by atoms with Gasteiger partial charge in [-0.05, 0) is 25.5 Å². The standard InChI is InChI=1S/C12H18FNO2/c1-9(6-7-15-2)14-10-4-5-12(16-3)11(13)8-10/h4-5,8-9,14H,6-7H2,1-3H3. The fraction of sp³-hybridized carbons (Fsp3) is 0.500. The molecule has 0 amide bonds. The average Bonchev–Trinajstić information content (AvgIpc) is 2.26. The van der Waals surface area contributed by atoms with E-state index in [0.717, 1.165) is 12.1 Å². The normalized spacial score (nSPS) is 12.2. The van der Waals surface area contributed by atoms with Gasteiger partial charge in [0.05, 0.1) is 7.11 Å². The van der Waals surface area contributed by atoms with Crippen molar-refractivity contribution >= 4 is 5.69 Å². The van der Waals surface area contributed by atoms with Gasteiger partial charge in [-0.25, -0.2) is 4.39 Å². The van der Waals surface area contributed by atoms with Crippen molar-refractivity contribution in [3.8, 4) is 5.75 Å². The Morgan fingerprint density at radius 3 is 2.69 bits per heavy atom. The predicted molar refractivity (Wildman–Crippen MR) is 62.5 cm³/mol. The fourth-order valence-electron chi connectivity index (χ4n) is 1.41. The van der Waals surface area contributed by atoms with Crippen molar-refractivity contribution < 1.29 is 13.9 Å². The largest absolute Gasteiger partial charge is 0.494 e. The van der Waals surface area contributed by atoms with Crippen LogP contribution in [0.15, 0.2) is 18.2 Å². The monoisotopic (exact) mass is 227 g/mol. The van der Waals surface area contributed by atoms with Crippen LogP contribution in [0.5, 0.6) is 5.75 Å². The Kier molecular flexibility index (Phi) is 5.05. The molecule has 90 valence electrons. The summed E-state index contributed by atoms with van der Waals surface area (Å²) in [5, 5.41) is 3.19. The van der Waals surface area contributed by atoms with Crippen molar-refractivity contribution in [2.75, 3.05) is 26.1 Å². The summed E-state index contributed by atoms with van der Waals surface area (Å²) in [6.45, 7) is 2.72. The zero-order valence-corrected chi connectivity index (χ0v) is 9.92. The number of rotatable bonds is 6. The molecule has 1 rings (SSSR count). The van der Waals surface area contributed by atoms with Crippen molar-refractivity contribution in [3.63, 3.8) is 0 Å². The van der Waals surface area contributed by atoms with Crippen molar-refractivity contribution in [1.29, 1.82) is 0 Å². The minimum atomic E-state index is -0.355. The predicted octanol–water partition coefficient (Wildman–Crippen LogP) is 2.67. The highest BCUT2D eigenvalue weighted by atomic mass is 19.1. The molecule has 1 aromatic carbocycles. The van der Waals surface area contributed by atoms with E-state index in [2.05, 4.69) is 5.32 Å². The third-order valence-corrected chi connectivity index (χ3v) is 2.32. The van der Waals surface area contributed by atoms with E-state index in [4.69, 9.17) is 9.47 Å². The number of nitrogens with one attached hydrogen (secondary N) is 1. The number of hydrogen-bond donors (Lipinski definition) is 1. The lowest BCUT2D eigenvalue weighted by molar-refractivity contribution is 0.191. The van der Waals surface area contributed by atoms with E-state index < -0.39 is 0 Å². The maximum Gasteiger partial charge on any atom is 0.167 e. The molecule has 0 fully saturated rings. The molecule has 0 aliphatic heterocycles. The van der Waals surface area contributed by atoms with E-state index >= 15 is 0 Å². The number of halogens is 1. The molecule has 0 aliphatic rings. The molecule has 0 saturated carbocycles. The minimum absolute atomic E-state index is 0.243. The highest BCUT2D eigenvalue weighted by Crippen LogP contribution is 2.21. The molecule has 0 spiro atoms. The molecule has 1 N–H and O–H groups in total. The van der Waals surface area contributed by atoms with Crippen molar-refractivity contribution in [3.05, 3.63) is 24.0 Å². The van der Waals surface area contributed by atoms with E-state index in [1.807, 2.05) is 6.92 Å². The molecule has 0 radical (unpaired) electrons. The van der Waals surface area contributed by atoms with Crippen LogP contribution in [0.25, 0.3) is 0 Å². The smallest absolute Gasteiger partial charge is 0.167 e. The molecule has 1 aromatic rings. The lowest BCUT2D eigenvalue weighted by Crippen LogP contribution is -2.17. The lowest BCUT2D eigenvalue weighted by atomic mass is 10.2. The molecular weight excluding hydrogens is 209 g/mol.